The summed E-state index contributed by atoms with van der Waals surface area (Å²) in [6.45, 7) is 0.730. The summed E-state index contributed by atoms with van der Waals surface area (Å²) in [7, 11) is 1.40. The highest BCUT2D eigenvalue weighted by Crippen LogP contribution is 2.29. The largest absolute Gasteiger partial charge is 0.467 e. The number of esters is 1. The third-order valence-electron chi connectivity index (χ3n) is 2.24. The Morgan fingerprint density at radius 1 is 1.50 bits per heavy atom. The van der Waals surface area contributed by atoms with Crippen LogP contribution in [0.2, 0.25) is 5.02 Å². The lowest BCUT2D eigenvalue weighted by molar-refractivity contribution is -0.139. The zero-order chi connectivity index (χ0) is 10.1. The lowest BCUT2D eigenvalue weighted by Gasteiger charge is -2.03. The number of hydrogen-bond acceptors (Lipinski definition) is 3. The average molecular weight is 212 g/mol. The Balaban J connectivity index is 2.06. The molecule has 2 rings (SSSR count). The summed E-state index contributed by atoms with van der Waals surface area (Å²) >= 11 is 5.75. The standard InChI is InChI=1S/C10H10ClNO2/c1-14-10(13)9-6-12(9)8-4-2-7(11)3-5-8/h2-5,9H,6H2,1H3/t9-,12?/m1/s1. The molecule has 3 nitrogen and oxygen atoms in total. The van der Waals surface area contributed by atoms with E-state index in [1.54, 1.807) is 0 Å². The van der Waals surface area contributed by atoms with Crippen molar-refractivity contribution in [1.29, 1.82) is 0 Å². The molecule has 0 amide bonds. The molecule has 4 heteroatoms. The van der Waals surface area contributed by atoms with Gasteiger partial charge in [0.25, 0.3) is 0 Å². The minimum Gasteiger partial charge on any atom is -0.467 e. The molecule has 74 valence electrons. The fourth-order valence-corrected chi connectivity index (χ4v) is 1.52. The van der Waals surface area contributed by atoms with Crippen molar-refractivity contribution in [3.8, 4) is 0 Å². The van der Waals surface area contributed by atoms with Gasteiger partial charge in [0.15, 0.2) is 0 Å². The molecular weight excluding hydrogens is 202 g/mol. The quantitative estimate of drug-likeness (QED) is 0.551. The molecule has 14 heavy (non-hydrogen) atoms. The van der Waals surface area contributed by atoms with Gasteiger partial charge in [-0.15, -0.1) is 0 Å². The SMILES string of the molecule is COC(=O)[C@H]1CN1c1ccc(Cl)cc1. The zero-order valence-electron chi connectivity index (χ0n) is 7.74. The van der Waals surface area contributed by atoms with Gasteiger partial charge in [0.2, 0.25) is 0 Å². The Bertz CT molecular complexity index is 350. The van der Waals surface area contributed by atoms with Crippen LogP contribution in [0, 0.1) is 0 Å². The Hall–Kier alpha value is -1.22. The number of nitrogens with zero attached hydrogens (tertiary/aromatic N) is 1. The third kappa shape index (κ3) is 1.68. The highest BCUT2D eigenvalue weighted by molar-refractivity contribution is 6.30. The number of carbonyl (C=O) groups excluding carboxylic acids is 1. The summed E-state index contributed by atoms with van der Waals surface area (Å²) in [5.41, 5.74) is 1.00. The first-order valence-corrected chi connectivity index (χ1v) is 4.70. The van der Waals surface area contributed by atoms with Crippen molar-refractivity contribution in [2.75, 3.05) is 18.6 Å². The van der Waals surface area contributed by atoms with Crippen molar-refractivity contribution in [2.45, 2.75) is 6.04 Å². The average Bonchev–Trinajstić information content (AvgIpc) is 2.98. The Morgan fingerprint density at radius 3 is 2.71 bits per heavy atom. The Labute approximate surface area is 87.2 Å². The van der Waals surface area contributed by atoms with Crippen LogP contribution in [0.15, 0.2) is 24.3 Å². The normalized spacial score (nSPS) is 19.3. The molecule has 0 aromatic heterocycles. The van der Waals surface area contributed by atoms with Gasteiger partial charge in [0, 0.05) is 10.7 Å². The third-order valence-corrected chi connectivity index (χ3v) is 2.50. The van der Waals surface area contributed by atoms with Crippen LogP contribution in [-0.2, 0) is 9.53 Å². The maximum Gasteiger partial charge on any atom is 0.330 e. The molecule has 0 aliphatic carbocycles. The maximum atomic E-state index is 11.1. The van der Waals surface area contributed by atoms with Gasteiger partial charge < -0.3 is 9.64 Å². The lowest BCUT2D eigenvalue weighted by Crippen LogP contribution is -2.13. The highest BCUT2D eigenvalue weighted by atomic mass is 35.5. The van der Waals surface area contributed by atoms with Gasteiger partial charge in [-0.3, -0.25) is 0 Å². The Kier molecular flexibility index (Phi) is 2.33. The van der Waals surface area contributed by atoms with E-state index in [0.717, 1.165) is 12.2 Å². The van der Waals surface area contributed by atoms with Gasteiger partial charge in [0.1, 0.15) is 6.04 Å². The second-order valence-corrected chi connectivity index (χ2v) is 3.60. The zero-order valence-corrected chi connectivity index (χ0v) is 8.49. The molecule has 0 unspecified atom stereocenters. The summed E-state index contributed by atoms with van der Waals surface area (Å²) < 4.78 is 4.64. The van der Waals surface area contributed by atoms with Crippen molar-refractivity contribution in [3.63, 3.8) is 0 Å². The van der Waals surface area contributed by atoms with E-state index in [4.69, 9.17) is 11.6 Å². The molecular formula is C10H10ClNO2. The smallest absolute Gasteiger partial charge is 0.330 e. The summed E-state index contributed by atoms with van der Waals surface area (Å²) in [4.78, 5) is 13.1. The van der Waals surface area contributed by atoms with Crippen LogP contribution in [-0.4, -0.2) is 25.7 Å². The van der Waals surface area contributed by atoms with Crippen LogP contribution in [0.3, 0.4) is 0 Å². The summed E-state index contributed by atoms with van der Waals surface area (Å²) in [6.07, 6.45) is 0. The maximum absolute atomic E-state index is 11.1. The predicted molar refractivity (Wildman–Crippen MR) is 54.6 cm³/mol. The molecule has 1 saturated heterocycles. The molecule has 1 heterocycles. The molecule has 1 aliphatic rings. The van der Waals surface area contributed by atoms with Crippen molar-refractivity contribution < 1.29 is 9.53 Å². The molecule has 1 atom stereocenters. The van der Waals surface area contributed by atoms with Crippen molar-refractivity contribution in [3.05, 3.63) is 29.3 Å². The highest BCUT2D eigenvalue weighted by Gasteiger charge is 2.41. The second kappa shape index (κ2) is 3.50. The van der Waals surface area contributed by atoms with Crippen molar-refractivity contribution in [1.82, 2.24) is 0 Å². The number of ether oxygens (including phenoxy) is 1. The van der Waals surface area contributed by atoms with E-state index in [1.165, 1.54) is 7.11 Å². The fourth-order valence-electron chi connectivity index (χ4n) is 1.39. The molecule has 1 aliphatic heterocycles. The molecule has 0 N–H and O–H groups in total. The van der Waals surface area contributed by atoms with Gasteiger partial charge >= 0.3 is 5.97 Å². The summed E-state index contributed by atoms with van der Waals surface area (Å²) in [5.74, 6) is -0.181. The van der Waals surface area contributed by atoms with Crippen LogP contribution in [0.4, 0.5) is 5.69 Å². The number of carbonyl (C=O) groups is 1. The number of methoxy groups -OCH3 is 1. The van der Waals surface area contributed by atoms with Crippen molar-refractivity contribution in [2.24, 2.45) is 0 Å². The number of halogens is 1. The van der Waals surface area contributed by atoms with Gasteiger partial charge in [-0.1, -0.05) is 11.6 Å². The van der Waals surface area contributed by atoms with E-state index in [9.17, 15) is 4.79 Å². The topological polar surface area (TPSA) is 29.3 Å². The molecule has 1 aromatic carbocycles. The molecule has 1 fully saturated rings. The summed E-state index contributed by atoms with van der Waals surface area (Å²) in [6, 6.07) is 7.30. The van der Waals surface area contributed by atoms with E-state index >= 15 is 0 Å². The predicted octanol–water partition coefficient (Wildman–Crippen LogP) is 1.70. The molecule has 0 saturated carbocycles. The molecule has 0 radical (unpaired) electrons. The lowest BCUT2D eigenvalue weighted by atomic mass is 10.3. The van der Waals surface area contributed by atoms with E-state index in [-0.39, 0.29) is 12.0 Å². The van der Waals surface area contributed by atoms with E-state index in [1.807, 2.05) is 29.2 Å². The first-order chi connectivity index (χ1) is 6.72. The molecule has 1 aromatic rings. The minimum atomic E-state index is -0.181. The van der Waals surface area contributed by atoms with Gasteiger partial charge in [0.05, 0.1) is 13.7 Å². The summed E-state index contributed by atoms with van der Waals surface area (Å²) in [5, 5.41) is 0.699. The molecule has 0 spiro atoms. The van der Waals surface area contributed by atoms with Crippen LogP contribution in [0.5, 0.6) is 0 Å². The fraction of sp³-hybridized carbons (Fsp3) is 0.300. The van der Waals surface area contributed by atoms with Crippen molar-refractivity contribution >= 4 is 23.3 Å². The Morgan fingerprint density at radius 2 is 2.14 bits per heavy atom. The van der Waals surface area contributed by atoms with E-state index in [2.05, 4.69) is 4.74 Å². The minimum absolute atomic E-state index is 0.110. The molecule has 0 bridgehead atoms. The van der Waals surface area contributed by atoms with Crippen LogP contribution in [0.25, 0.3) is 0 Å². The van der Waals surface area contributed by atoms with Gasteiger partial charge in [-0.05, 0) is 24.3 Å². The monoisotopic (exact) mass is 211 g/mol. The van der Waals surface area contributed by atoms with Gasteiger partial charge in [-0.25, -0.2) is 4.79 Å². The van der Waals surface area contributed by atoms with E-state index < -0.39 is 0 Å². The first kappa shape index (κ1) is 9.34. The van der Waals surface area contributed by atoms with Gasteiger partial charge in [-0.2, -0.15) is 0 Å². The first-order valence-electron chi connectivity index (χ1n) is 4.32. The number of hydrogen-bond donors (Lipinski definition) is 0. The number of rotatable bonds is 2. The second-order valence-electron chi connectivity index (χ2n) is 3.17. The van der Waals surface area contributed by atoms with E-state index in [0.29, 0.717) is 5.02 Å². The number of anilines is 1. The number of benzene rings is 1. The van der Waals surface area contributed by atoms with Crippen LogP contribution < -0.4 is 4.90 Å². The van der Waals surface area contributed by atoms with Crippen LogP contribution in [0.1, 0.15) is 0 Å². The van der Waals surface area contributed by atoms with Crippen LogP contribution >= 0.6 is 11.6 Å².